The Kier molecular flexibility index (Phi) is 3.73. The summed E-state index contributed by atoms with van der Waals surface area (Å²) in [5.41, 5.74) is 0.767. The zero-order chi connectivity index (χ0) is 13.9. The summed E-state index contributed by atoms with van der Waals surface area (Å²) in [6.45, 7) is 1.88. The number of ether oxygens (including phenoxy) is 1. The second kappa shape index (κ2) is 5.66. The van der Waals surface area contributed by atoms with Crippen LogP contribution in [0.4, 0.5) is 5.82 Å². The van der Waals surface area contributed by atoms with Gasteiger partial charge in [0.25, 0.3) is 5.88 Å². The minimum absolute atomic E-state index is 0.600. The minimum Gasteiger partial charge on any atom is -0.475 e. The Morgan fingerprint density at radius 2 is 2.40 bits per heavy atom. The molecule has 108 valence electrons. The van der Waals surface area contributed by atoms with Crippen LogP contribution in [0.1, 0.15) is 19.3 Å². The molecule has 1 aliphatic rings. The standard InChI is InChI=1S/C14H21N5O/c1-15-12-10-19-8-6-16-13(19)14(17-12)20-9-5-11-4-3-7-18(11)2/h6,8,10-11,15H,3-5,7,9H2,1-2H3. The monoisotopic (exact) mass is 275 g/mol. The van der Waals surface area contributed by atoms with E-state index in [0.717, 1.165) is 17.9 Å². The third-order valence-corrected chi connectivity index (χ3v) is 3.96. The number of nitrogens with zero attached hydrogens (tertiary/aromatic N) is 4. The van der Waals surface area contributed by atoms with Gasteiger partial charge in [0.2, 0.25) is 5.65 Å². The van der Waals surface area contributed by atoms with E-state index in [2.05, 4.69) is 27.2 Å². The molecule has 3 rings (SSSR count). The van der Waals surface area contributed by atoms with Gasteiger partial charge in [-0.3, -0.25) is 4.40 Å². The smallest absolute Gasteiger partial charge is 0.260 e. The van der Waals surface area contributed by atoms with Crippen molar-refractivity contribution in [3.8, 4) is 5.88 Å². The summed E-state index contributed by atoms with van der Waals surface area (Å²) in [4.78, 5) is 11.1. The van der Waals surface area contributed by atoms with Crippen molar-refractivity contribution in [1.29, 1.82) is 0 Å². The Hall–Kier alpha value is -1.82. The topological polar surface area (TPSA) is 54.7 Å². The van der Waals surface area contributed by atoms with Gasteiger partial charge < -0.3 is 15.0 Å². The lowest BCUT2D eigenvalue weighted by atomic mass is 10.1. The molecule has 1 unspecified atom stereocenters. The normalized spacial score (nSPS) is 19.6. The van der Waals surface area contributed by atoms with E-state index in [0.29, 0.717) is 18.5 Å². The van der Waals surface area contributed by atoms with Gasteiger partial charge in [-0.2, -0.15) is 4.98 Å². The third kappa shape index (κ3) is 2.56. The van der Waals surface area contributed by atoms with E-state index in [1.807, 2.05) is 23.8 Å². The van der Waals surface area contributed by atoms with Crippen molar-refractivity contribution in [2.24, 2.45) is 0 Å². The molecular formula is C14H21N5O. The number of nitrogens with one attached hydrogen (secondary N) is 1. The Morgan fingerprint density at radius 3 is 3.15 bits per heavy atom. The molecule has 0 radical (unpaired) electrons. The molecule has 1 aliphatic heterocycles. The molecule has 1 atom stereocenters. The second-order valence-electron chi connectivity index (χ2n) is 5.25. The first-order chi connectivity index (χ1) is 9.78. The molecule has 2 aromatic heterocycles. The molecule has 20 heavy (non-hydrogen) atoms. The maximum Gasteiger partial charge on any atom is 0.260 e. The van der Waals surface area contributed by atoms with Crippen LogP contribution in [0.2, 0.25) is 0 Å². The van der Waals surface area contributed by atoms with E-state index in [4.69, 9.17) is 4.74 Å². The molecule has 0 spiro atoms. The zero-order valence-electron chi connectivity index (χ0n) is 12.0. The van der Waals surface area contributed by atoms with Crippen molar-refractivity contribution in [3.05, 3.63) is 18.6 Å². The highest BCUT2D eigenvalue weighted by atomic mass is 16.5. The number of fused-ring (bicyclic) bond motifs is 1. The predicted molar refractivity (Wildman–Crippen MR) is 78.3 cm³/mol. The average Bonchev–Trinajstić information content (AvgIpc) is 3.07. The first-order valence-corrected chi connectivity index (χ1v) is 7.12. The molecule has 1 fully saturated rings. The molecule has 0 aliphatic carbocycles. The van der Waals surface area contributed by atoms with Crippen LogP contribution in [-0.4, -0.2) is 52.6 Å². The summed E-state index contributed by atoms with van der Waals surface area (Å²) in [5, 5.41) is 3.04. The van der Waals surface area contributed by atoms with Gasteiger partial charge in [-0.15, -0.1) is 0 Å². The SMILES string of the molecule is CNc1cn2ccnc2c(OCCC2CCCN2C)n1. The first kappa shape index (κ1) is 13.2. The van der Waals surface area contributed by atoms with Crippen molar-refractivity contribution < 1.29 is 4.74 Å². The number of hydrogen-bond acceptors (Lipinski definition) is 5. The van der Waals surface area contributed by atoms with Gasteiger partial charge >= 0.3 is 0 Å². The summed E-state index contributed by atoms with van der Waals surface area (Å²) in [5.74, 6) is 1.38. The molecular weight excluding hydrogens is 254 g/mol. The van der Waals surface area contributed by atoms with E-state index >= 15 is 0 Å². The predicted octanol–water partition coefficient (Wildman–Crippen LogP) is 1.63. The van der Waals surface area contributed by atoms with Crippen LogP contribution < -0.4 is 10.1 Å². The number of likely N-dealkylation sites (tertiary alicyclic amines) is 1. The van der Waals surface area contributed by atoms with Crippen molar-refractivity contribution >= 4 is 11.5 Å². The number of rotatable bonds is 5. The van der Waals surface area contributed by atoms with E-state index in [1.54, 1.807) is 6.20 Å². The fourth-order valence-electron chi connectivity index (χ4n) is 2.76. The molecule has 2 aromatic rings. The largest absolute Gasteiger partial charge is 0.475 e. The molecule has 0 aromatic carbocycles. The number of aromatic nitrogens is 3. The Morgan fingerprint density at radius 1 is 1.50 bits per heavy atom. The summed E-state index contributed by atoms with van der Waals surface area (Å²) in [6.07, 6.45) is 9.15. The maximum absolute atomic E-state index is 5.87. The van der Waals surface area contributed by atoms with Crippen molar-refractivity contribution in [2.45, 2.75) is 25.3 Å². The first-order valence-electron chi connectivity index (χ1n) is 7.12. The third-order valence-electron chi connectivity index (χ3n) is 3.96. The quantitative estimate of drug-likeness (QED) is 0.899. The Balaban J connectivity index is 1.68. The van der Waals surface area contributed by atoms with E-state index in [1.165, 1.54) is 19.4 Å². The highest BCUT2D eigenvalue weighted by molar-refractivity contribution is 5.53. The summed E-state index contributed by atoms with van der Waals surface area (Å²) < 4.78 is 7.80. The lowest BCUT2D eigenvalue weighted by Crippen LogP contribution is -2.26. The molecule has 6 heteroatoms. The zero-order valence-corrected chi connectivity index (χ0v) is 12.0. The lowest BCUT2D eigenvalue weighted by Gasteiger charge is -2.19. The molecule has 0 bridgehead atoms. The van der Waals surface area contributed by atoms with Crippen LogP contribution in [0.3, 0.4) is 0 Å². The Labute approximate surface area is 118 Å². The number of imidazole rings is 1. The summed E-state index contributed by atoms with van der Waals surface area (Å²) in [7, 11) is 4.03. The van der Waals surface area contributed by atoms with Crippen molar-refractivity contribution in [2.75, 3.05) is 32.6 Å². The van der Waals surface area contributed by atoms with Gasteiger partial charge in [0.05, 0.1) is 12.8 Å². The molecule has 1 N–H and O–H groups in total. The van der Waals surface area contributed by atoms with Crippen LogP contribution in [0.25, 0.3) is 5.65 Å². The van der Waals surface area contributed by atoms with Crippen LogP contribution in [0, 0.1) is 0 Å². The van der Waals surface area contributed by atoms with Gasteiger partial charge in [-0.1, -0.05) is 0 Å². The maximum atomic E-state index is 5.87. The van der Waals surface area contributed by atoms with Gasteiger partial charge in [0, 0.05) is 25.5 Å². The molecule has 0 amide bonds. The van der Waals surface area contributed by atoms with Gasteiger partial charge in [0.15, 0.2) is 0 Å². The van der Waals surface area contributed by atoms with Crippen LogP contribution in [0.5, 0.6) is 5.88 Å². The van der Waals surface area contributed by atoms with Gasteiger partial charge in [-0.25, -0.2) is 4.98 Å². The van der Waals surface area contributed by atoms with Gasteiger partial charge in [0.1, 0.15) is 5.82 Å². The average molecular weight is 275 g/mol. The van der Waals surface area contributed by atoms with Gasteiger partial charge in [-0.05, 0) is 32.9 Å². The van der Waals surface area contributed by atoms with Crippen molar-refractivity contribution in [3.63, 3.8) is 0 Å². The summed E-state index contributed by atoms with van der Waals surface area (Å²) in [6, 6.07) is 0.637. The van der Waals surface area contributed by atoms with Crippen LogP contribution in [-0.2, 0) is 0 Å². The van der Waals surface area contributed by atoms with Crippen molar-refractivity contribution in [1.82, 2.24) is 19.3 Å². The van der Waals surface area contributed by atoms with E-state index in [9.17, 15) is 0 Å². The molecule has 3 heterocycles. The number of anilines is 1. The van der Waals surface area contributed by atoms with Crippen LogP contribution >= 0.6 is 0 Å². The molecule has 0 saturated carbocycles. The Bertz CT molecular complexity index is 582. The second-order valence-corrected chi connectivity index (χ2v) is 5.25. The van der Waals surface area contributed by atoms with E-state index < -0.39 is 0 Å². The lowest BCUT2D eigenvalue weighted by molar-refractivity contribution is 0.229. The highest BCUT2D eigenvalue weighted by Gasteiger charge is 2.20. The fourth-order valence-corrected chi connectivity index (χ4v) is 2.76. The summed E-state index contributed by atoms with van der Waals surface area (Å²) >= 11 is 0. The fraction of sp³-hybridized carbons (Fsp3) is 0.571. The van der Waals surface area contributed by atoms with Crippen LogP contribution in [0.15, 0.2) is 18.6 Å². The molecule has 6 nitrogen and oxygen atoms in total. The van der Waals surface area contributed by atoms with E-state index in [-0.39, 0.29) is 0 Å². The highest BCUT2D eigenvalue weighted by Crippen LogP contribution is 2.21. The minimum atomic E-state index is 0.600. The number of hydrogen-bond donors (Lipinski definition) is 1. The molecule has 1 saturated heterocycles.